The first kappa shape index (κ1) is 24.7. The van der Waals surface area contributed by atoms with Gasteiger partial charge in [-0.15, -0.1) is 0 Å². The van der Waals surface area contributed by atoms with Crippen molar-refractivity contribution in [1.82, 2.24) is 0 Å². The van der Waals surface area contributed by atoms with E-state index in [0.29, 0.717) is 15.5 Å². The standard InChI is InChI=1S/C24H29.2ClH.Zr/c1-6-9-18-14-19-12-13-21(17(4)5)24(23(19)15-18)22-11-8-7-10-20(22)16(2)3;;;/h7-8,10-17H,6,9H2,1-5H3;2*1H;/q;;;+2/p-2. The van der Waals surface area contributed by atoms with Crippen LogP contribution in [0.15, 0.2) is 42.0 Å². The van der Waals surface area contributed by atoms with E-state index in [1.54, 1.807) is 35.9 Å². The summed E-state index contributed by atoms with van der Waals surface area (Å²) in [6.45, 7) is 11.6. The Balaban J connectivity index is 0.00000182. The van der Waals surface area contributed by atoms with Crippen molar-refractivity contribution in [2.45, 2.75) is 62.9 Å². The molecule has 1 unspecified atom stereocenters. The van der Waals surface area contributed by atoms with Gasteiger partial charge in [-0.05, 0) is 0 Å². The molecule has 0 aliphatic heterocycles. The van der Waals surface area contributed by atoms with E-state index < -0.39 is 0 Å². The Morgan fingerprint density at radius 1 is 0.889 bits per heavy atom. The van der Waals surface area contributed by atoms with Gasteiger partial charge in [-0.3, -0.25) is 0 Å². The predicted molar refractivity (Wildman–Crippen MR) is 106 cm³/mol. The van der Waals surface area contributed by atoms with E-state index in [2.05, 4.69) is 77.1 Å². The fourth-order valence-corrected chi connectivity index (χ4v) is 5.22. The molecule has 0 spiro atoms. The van der Waals surface area contributed by atoms with Gasteiger partial charge in [0.05, 0.1) is 0 Å². The minimum atomic E-state index is 0. The molecule has 27 heavy (non-hydrogen) atoms. The Morgan fingerprint density at radius 2 is 1.52 bits per heavy atom. The van der Waals surface area contributed by atoms with E-state index in [1.807, 2.05) is 0 Å². The molecule has 2 aromatic rings. The topological polar surface area (TPSA) is 0 Å². The molecule has 0 N–H and O–H groups in total. The largest absolute Gasteiger partial charge is 1.00 e. The molecule has 0 saturated heterocycles. The van der Waals surface area contributed by atoms with E-state index in [4.69, 9.17) is 0 Å². The first-order valence-corrected chi connectivity index (χ1v) is 11.0. The summed E-state index contributed by atoms with van der Waals surface area (Å²) in [7, 11) is 0. The van der Waals surface area contributed by atoms with Crippen LogP contribution in [0.2, 0.25) is 0 Å². The monoisotopic (exact) mass is 477 g/mol. The third-order valence-corrected chi connectivity index (χ3v) is 7.01. The van der Waals surface area contributed by atoms with Crippen LogP contribution in [0.1, 0.15) is 85.2 Å². The van der Waals surface area contributed by atoms with Gasteiger partial charge >= 0.3 is 169 Å². The van der Waals surface area contributed by atoms with Crippen LogP contribution in [0.25, 0.3) is 17.2 Å². The van der Waals surface area contributed by atoms with Crippen LogP contribution in [0.5, 0.6) is 0 Å². The van der Waals surface area contributed by atoms with E-state index in [1.165, 1.54) is 40.7 Å². The average molecular weight is 480 g/mol. The van der Waals surface area contributed by atoms with Crippen LogP contribution >= 0.6 is 0 Å². The maximum absolute atomic E-state index is 2.52. The summed E-state index contributed by atoms with van der Waals surface area (Å²) in [5, 5.41) is 0. The molecule has 1 aliphatic carbocycles. The zero-order valence-corrected chi connectivity index (χ0v) is 20.9. The molecule has 143 valence electrons. The Morgan fingerprint density at radius 3 is 2.11 bits per heavy atom. The zero-order valence-electron chi connectivity index (χ0n) is 16.9. The molecular formula is C24H29Cl2Zr. The maximum atomic E-state index is 2.52. The molecule has 1 aliphatic rings. The van der Waals surface area contributed by atoms with E-state index in [9.17, 15) is 0 Å². The molecule has 1 atom stereocenters. The number of benzene rings is 2. The summed E-state index contributed by atoms with van der Waals surface area (Å²) in [5.41, 5.74) is 10.6. The smallest absolute Gasteiger partial charge is 1.00 e. The molecule has 0 amide bonds. The predicted octanol–water partition coefficient (Wildman–Crippen LogP) is 1.39. The molecule has 0 aromatic heterocycles. The average Bonchev–Trinajstić information content (AvgIpc) is 2.90. The summed E-state index contributed by atoms with van der Waals surface area (Å²) in [6.07, 6.45) is 4.99. The second kappa shape index (κ2) is 10.4. The van der Waals surface area contributed by atoms with Crippen LogP contribution in [0, 0.1) is 0 Å². The molecule has 2 aromatic carbocycles. The number of hydrogen-bond donors (Lipinski definition) is 0. The maximum Gasteiger partial charge on any atom is -1.00 e. The van der Waals surface area contributed by atoms with Crippen molar-refractivity contribution in [3.63, 3.8) is 0 Å². The minimum Gasteiger partial charge on any atom is -1.00 e. The number of allylic oxidation sites excluding steroid dienone is 1. The molecule has 0 bridgehead atoms. The van der Waals surface area contributed by atoms with Gasteiger partial charge in [0.25, 0.3) is 0 Å². The van der Waals surface area contributed by atoms with Gasteiger partial charge in [-0.25, -0.2) is 0 Å². The summed E-state index contributed by atoms with van der Waals surface area (Å²) >= 11 is 1.62. The first-order chi connectivity index (χ1) is 12.0. The van der Waals surface area contributed by atoms with Gasteiger partial charge in [0.2, 0.25) is 0 Å². The third kappa shape index (κ3) is 4.80. The molecular weight excluding hydrogens is 450 g/mol. The second-order valence-corrected chi connectivity index (χ2v) is 9.25. The molecule has 0 heterocycles. The molecule has 0 nitrogen and oxygen atoms in total. The third-order valence-electron chi connectivity index (χ3n) is 5.34. The van der Waals surface area contributed by atoms with Crippen molar-refractivity contribution in [2.75, 3.05) is 0 Å². The number of hydrogen-bond acceptors (Lipinski definition) is 0. The molecule has 0 radical (unpaired) electrons. The van der Waals surface area contributed by atoms with Gasteiger partial charge < -0.3 is 24.8 Å². The van der Waals surface area contributed by atoms with Crippen LogP contribution in [-0.2, 0) is 24.7 Å². The number of fused-ring (bicyclic) bond motifs is 1. The summed E-state index contributed by atoms with van der Waals surface area (Å²) in [5.74, 6) is 1.07. The van der Waals surface area contributed by atoms with Crippen molar-refractivity contribution in [1.29, 1.82) is 0 Å². The van der Waals surface area contributed by atoms with E-state index in [0.717, 1.165) is 0 Å². The van der Waals surface area contributed by atoms with Crippen LogP contribution in [0.3, 0.4) is 0 Å². The molecule has 3 rings (SSSR count). The summed E-state index contributed by atoms with van der Waals surface area (Å²) < 4.78 is 0.647. The fraction of sp³-hybridized carbons (Fsp3) is 0.417. The van der Waals surface area contributed by atoms with Gasteiger partial charge in [0.15, 0.2) is 0 Å². The Bertz CT molecular complexity index is 806. The van der Waals surface area contributed by atoms with Crippen LogP contribution < -0.4 is 24.8 Å². The van der Waals surface area contributed by atoms with Gasteiger partial charge in [-0.2, -0.15) is 0 Å². The van der Waals surface area contributed by atoms with Gasteiger partial charge in [0, 0.05) is 0 Å². The SMILES string of the molecule is CCCC1=Cc2c(ccc(C(C)C)c2-c2ccccc2C(C)C)[CH]1[Zr+2].[Cl-].[Cl-]. The van der Waals surface area contributed by atoms with Gasteiger partial charge in [0.1, 0.15) is 0 Å². The zero-order chi connectivity index (χ0) is 18.1. The Hall–Kier alpha value is -0.357. The normalized spacial score (nSPS) is 15.3. The van der Waals surface area contributed by atoms with Crippen molar-refractivity contribution in [3.05, 3.63) is 64.2 Å². The first-order valence-electron chi connectivity index (χ1n) is 9.63. The summed E-state index contributed by atoms with van der Waals surface area (Å²) in [4.78, 5) is 0. The van der Waals surface area contributed by atoms with E-state index in [-0.39, 0.29) is 24.8 Å². The van der Waals surface area contributed by atoms with E-state index >= 15 is 0 Å². The fourth-order valence-electron chi connectivity index (χ4n) is 4.04. The Labute approximate surface area is 192 Å². The van der Waals surface area contributed by atoms with Crippen molar-refractivity contribution >= 4 is 6.08 Å². The Kier molecular flexibility index (Phi) is 9.53. The molecule has 3 heteroatoms. The minimum absolute atomic E-state index is 0. The molecule has 0 fully saturated rings. The molecule has 0 saturated carbocycles. The number of halogens is 2. The quantitative estimate of drug-likeness (QED) is 0.608. The van der Waals surface area contributed by atoms with Crippen LogP contribution in [0.4, 0.5) is 0 Å². The second-order valence-electron chi connectivity index (χ2n) is 7.83. The van der Waals surface area contributed by atoms with Crippen molar-refractivity contribution in [2.24, 2.45) is 0 Å². The van der Waals surface area contributed by atoms with Crippen molar-refractivity contribution < 1.29 is 49.5 Å². The summed E-state index contributed by atoms with van der Waals surface area (Å²) in [6, 6.07) is 13.8. The van der Waals surface area contributed by atoms with Gasteiger partial charge in [-0.1, -0.05) is 0 Å². The van der Waals surface area contributed by atoms with Crippen molar-refractivity contribution in [3.8, 4) is 11.1 Å². The number of rotatable bonds is 5. The van der Waals surface area contributed by atoms with Crippen LogP contribution in [-0.4, -0.2) is 0 Å².